The summed E-state index contributed by atoms with van der Waals surface area (Å²) in [6.45, 7) is 4.59. The number of carbonyl (C=O) groups is 1. The van der Waals surface area contributed by atoms with Gasteiger partial charge in [0, 0.05) is 12.8 Å². The van der Waals surface area contributed by atoms with Gasteiger partial charge in [-0.25, -0.2) is 0 Å². The van der Waals surface area contributed by atoms with Crippen LogP contribution in [0.4, 0.5) is 0 Å². The highest BCUT2D eigenvalue weighted by Crippen LogP contribution is 2.40. The van der Waals surface area contributed by atoms with E-state index in [1.165, 1.54) is 25.7 Å². The zero-order valence-corrected chi connectivity index (χ0v) is 9.46. The van der Waals surface area contributed by atoms with Crippen LogP contribution in [-0.2, 0) is 4.79 Å². The number of Topliss-reactive ketones (excluding diaryl/α,β-unsaturated/α-hetero) is 1. The van der Waals surface area contributed by atoms with Gasteiger partial charge in [0.2, 0.25) is 0 Å². The smallest absolute Gasteiger partial charge is 0.133 e. The molecule has 0 spiro atoms. The molecule has 0 aromatic rings. The van der Waals surface area contributed by atoms with Crippen LogP contribution in [0.2, 0.25) is 0 Å². The van der Waals surface area contributed by atoms with Crippen LogP contribution in [0.1, 0.15) is 52.4 Å². The summed E-state index contributed by atoms with van der Waals surface area (Å²) in [6.07, 6.45) is 7.31. The van der Waals surface area contributed by atoms with Crippen LogP contribution in [0.25, 0.3) is 0 Å². The number of ketones is 1. The largest absolute Gasteiger partial charge is 0.300 e. The summed E-state index contributed by atoms with van der Waals surface area (Å²) in [5.41, 5.74) is 0. The molecule has 0 bridgehead atoms. The topological polar surface area (TPSA) is 17.1 Å². The normalized spacial score (nSPS) is 39.6. The second kappa shape index (κ2) is 4.04. The number of rotatable bonds is 2. The van der Waals surface area contributed by atoms with Crippen LogP contribution in [0, 0.1) is 23.7 Å². The standard InChI is InChI=1S/C13H22O/c1-9-6-13(14)8-12(10(9)2)7-11-4-3-5-11/h9-12H,3-8H2,1-2H3. The summed E-state index contributed by atoms with van der Waals surface area (Å²) in [5.74, 6) is 3.58. The van der Waals surface area contributed by atoms with Crippen LogP contribution in [-0.4, -0.2) is 5.78 Å². The molecule has 1 heteroatoms. The van der Waals surface area contributed by atoms with Crippen molar-refractivity contribution < 1.29 is 4.79 Å². The molecule has 0 saturated heterocycles. The fraction of sp³-hybridized carbons (Fsp3) is 0.923. The Kier molecular flexibility index (Phi) is 2.94. The Labute approximate surface area is 87.3 Å². The molecule has 0 radical (unpaired) electrons. The highest BCUT2D eigenvalue weighted by Gasteiger charge is 2.33. The van der Waals surface area contributed by atoms with E-state index >= 15 is 0 Å². The van der Waals surface area contributed by atoms with E-state index in [1.54, 1.807) is 0 Å². The molecule has 3 unspecified atom stereocenters. The lowest BCUT2D eigenvalue weighted by molar-refractivity contribution is -0.124. The van der Waals surface area contributed by atoms with Gasteiger partial charge in [-0.05, 0) is 30.1 Å². The van der Waals surface area contributed by atoms with Crippen LogP contribution in [0.5, 0.6) is 0 Å². The summed E-state index contributed by atoms with van der Waals surface area (Å²) in [6, 6.07) is 0. The Morgan fingerprint density at radius 2 is 1.93 bits per heavy atom. The fourth-order valence-electron chi connectivity index (χ4n) is 3.03. The Balaban J connectivity index is 1.90. The van der Waals surface area contributed by atoms with Gasteiger partial charge in [0.1, 0.15) is 5.78 Å². The average Bonchev–Trinajstić information content (AvgIpc) is 2.05. The number of carbonyl (C=O) groups excluding carboxylic acids is 1. The van der Waals surface area contributed by atoms with Crippen molar-refractivity contribution >= 4 is 5.78 Å². The maximum absolute atomic E-state index is 11.5. The third-order valence-electron chi connectivity index (χ3n) is 4.54. The molecule has 0 aromatic carbocycles. The van der Waals surface area contributed by atoms with Gasteiger partial charge in [-0.1, -0.05) is 33.1 Å². The van der Waals surface area contributed by atoms with Gasteiger partial charge >= 0.3 is 0 Å². The maximum Gasteiger partial charge on any atom is 0.133 e. The summed E-state index contributed by atoms with van der Waals surface area (Å²) in [4.78, 5) is 11.5. The Bertz CT molecular complexity index is 217. The fourth-order valence-corrected chi connectivity index (χ4v) is 3.03. The van der Waals surface area contributed by atoms with Crippen molar-refractivity contribution in [2.45, 2.75) is 52.4 Å². The van der Waals surface area contributed by atoms with Crippen molar-refractivity contribution in [2.24, 2.45) is 23.7 Å². The van der Waals surface area contributed by atoms with Gasteiger partial charge in [0.05, 0.1) is 0 Å². The molecule has 3 atom stereocenters. The van der Waals surface area contributed by atoms with Gasteiger partial charge in [0.25, 0.3) is 0 Å². The highest BCUT2D eigenvalue weighted by molar-refractivity contribution is 5.79. The van der Waals surface area contributed by atoms with Crippen molar-refractivity contribution in [1.29, 1.82) is 0 Å². The molecular formula is C13H22O. The minimum absolute atomic E-state index is 0.514. The molecule has 0 aromatic heterocycles. The third-order valence-corrected chi connectivity index (χ3v) is 4.54. The van der Waals surface area contributed by atoms with Gasteiger partial charge < -0.3 is 0 Å². The minimum atomic E-state index is 0.514. The summed E-state index contributed by atoms with van der Waals surface area (Å²) >= 11 is 0. The van der Waals surface area contributed by atoms with Crippen molar-refractivity contribution in [1.82, 2.24) is 0 Å². The maximum atomic E-state index is 11.5. The zero-order chi connectivity index (χ0) is 10.1. The molecule has 2 rings (SSSR count). The lowest BCUT2D eigenvalue weighted by atomic mass is 9.67. The zero-order valence-electron chi connectivity index (χ0n) is 9.46. The van der Waals surface area contributed by atoms with E-state index in [2.05, 4.69) is 13.8 Å². The van der Waals surface area contributed by atoms with Gasteiger partial charge in [-0.15, -0.1) is 0 Å². The van der Waals surface area contributed by atoms with E-state index in [9.17, 15) is 4.79 Å². The van der Waals surface area contributed by atoms with Crippen molar-refractivity contribution in [3.05, 3.63) is 0 Å². The van der Waals surface area contributed by atoms with E-state index in [0.29, 0.717) is 17.6 Å². The average molecular weight is 194 g/mol. The van der Waals surface area contributed by atoms with E-state index in [-0.39, 0.29) is 0 Å². The first-order valence-corrected chi connectivity index (χ1v) is 6.18. The lowest BCUT2D eigenvalue weighted by Crippen LogP contribution is -2.32. The van der Waals surface area contributed by atoms with Gasteiger partial charge in [-0.2, -0.15) is 0 Å². The Morgan fingerprint density at radius 1 is 1.21 bits per heavy atom. The molecular weight excluding hydrogens is 172 g/mol. The summed E-state index contributed by atoms with van der Waals surface area (Å²) in [7, 11) is 0. The van der Waals surface area contributed by atoms with Crippen molar-refractivity contribution in [3.8, 4) is 0 Å². The second-order valence-electron chi connectivity index (χ2n) is 5.58. The quantitative estimate of drug-likeness (QED) is 0.658. The predicted molar refractivity (Wildman–Crippen MR) is 58.0 cm³/mol. The highest BCUT2D eigenvalue weighted by atomic mass is 16.1. The predicted octanol–water partition coefficient (Wildman–Crippen LogP) is 3.43. The molecule has 2 saturated carbocycles. The summed E-state index contributed by atoms with van der Waals surface area (Å²) in [5, 5.41) is 0. The SMILES string of the molecule is CC1CC(=O)CC(CC2CCC2)C1C. The lowest BCUT2D eigenvalue weighted by Gasteiger charge is -2.37. The molecule has 0 aliphatic heterocycles. The Hall–Kier alpha value is -0.330. The molecule has 14 heavy (non-hydrogen) atoms. The van der Waals surface area contributed by atoms with Crippen LogP contribution < -0.4 is 0 Å². The molecule has 0 heterocycles. The molecule has 0 amide bonds. The molecule has 1 nitrogen and oxygen atoms in total. The second-order valence-corrected chi connectivity index (χ2v) is 5.58. The number of hydrogen-bond donors (Lipinski definition) is 0. The molecule has 2 fully saturated rings. The van der Waals surface area contributed by atoms with Gasteiger partial charge in [-0.3, -0.25) is 4.79 Å². The molecule has 2 aliphatic rings. The molecule has 80 valence electrons. The van der Waals surface area contributed by atoms with Gasteiger partial charge in [0.15, 0.2) is 0 Å². The van der Waals surface area contributed by atoms with Crippen molar-refractivity contribution in [3.63, 3.8) is 0 Å². The van der Waals surface area contributed by atoms with Crippen molar-refractivity contribution in [2.75, 3.05) is 0 Å². The van der Waals surface area contributed by atoms with Crippen LogP contribution in [0.15, 0.2) is 0 Å². The van der Waals surface area contributed by atoms with E-state index < -0.39 is 0 Å². The first kappa shape index (κ1) is 10.2. The molecule has 2 aliphatic carbocycles. The Morgan fingerprint density at radius 3 is 2.50 bits per heavy atom. The van der Waals surface area contributed by atoms with E-state index in [1.807, 2.05) is 0 Å². The van der Waals surface area contributed by atoms with Crippen LogP contribution >= 0.6 is 0 Å². The number of hydrogen-bond acceptors (Lipinski definition) is 1. The summed E-state index contributed by atoms with van der Waals surface area (Å²) < 4.78 is 0. The third kappa shape index (κ3) is 2.02. The molecule has 0 N–H and O–H groups in total. The van der Waals surface area contributed by atoms with Crippen LogP contribution in [0.3, 0.4) is 0 Å². The van der Waals surface area contributed by atoms with E-state index in [0.717, 1.165) is 24.7 Å². The monoisotopic (exact) mass is 194 g/mol. The van der Waals surface area contributed by atoms with E-state index in [4.69, 9.17) is 0 Å². The minimum Gasteiger partial charge on any atom is -0.300 e. The first-order chi connectivity index (χ1) is 6.66. The first-order valence-electron chi connectivity index (χ1n) is 6.18.